The summed E-state index contributed by atoms with van der Waals surface area (Å²) in [7, 11) is 0. The quantitative estimate of drug-likeness (QED) is 0.626. The minimum Gasteiger partial charge on any atom is -0.491 e. The van der Waals surface area contributed by atoms with Crippen LogP contribution in [0.3, 0.4) is 0 Å². The number of aliphatic hydroxyl groups is 1. The molecule has 2 rings (SSSR count). The molecule has 0 radical (unpaired) electrons. The summed E-state index contributed by atoms with van der Waals surface area (Å²) in [5.41, 5.74) is 6.09. The molecule has 0 spiro atoms. The summed E-state index contributed by atoms with van der Waals surface area (Å²) < 4.78 is 5.32. The molecule has 1 unspecified atom stereocenters. The molecule has 3 heteroatoms. The van der Waals surface area contributed by atoms with Crippen LogP contribution in [-0.2, 0) is 5.54 Å². The number of para-hydroxylation sites is 1. The summed E-state index contributed by atoms with van der Waals surface area (Å²) in [5, 5.41) is 9.07. The molecule has 3 N–H and O–H groups in total. The Morgan fingerprint density at radius 1 is 1.50 bits per heavy atom. The minimum absolute atomic E-state index is 0.0794. The van der Waals surface area contributed by atoms with Gasteiger partial charge in [0.15, 0.2) is 0 Å². The van der Waals surface area contributed by atoms with Crippen LogP contribution in [0.4, 0.5) is 0 Å². The number of fused-ring (bicyclic) bond motifs is 1. The second-order valence-corrected chi connectivity index (χ2v) is 3.10. The van der Waals surface area contributed by atoms with E-state index < -0.39 is 5.54 Å². The fraction of sp³-hybridized carbons (Fsp3) is 0.333. The normalized spacial score (nSPS) is 26.5. The van der Waals surface area contributed by atoms with Gasteiger partial charge in [0.25, 0.3) is 0 Å². The lowest BCUT2D eigenvalue weighted by Crippen LogP contribution is -2.41. The first-order valence-electron chi connectivity index (χ1n) is 3.88. The van der Waals surface area contributed by atoms with Crippen molar-refractivity contribution >= 4 is 0 Å². The van der Waals surface area contributed by atoms with Gasteiger partial charge < -0.3 is 15.6 Å². The summed E-state index contributed by atoms with van der Waals surface area (Å²) in [6, 6.07) is 7.53. The predicted octanol–water partition coefficient (Wildman–Crippen LogP) is 0.225. The molecule has 0 aliphatic carbocycles. The van der Waals surface area contributed by atoms with Gasteiger partial charge in [-0.05, 0) is 6.07 Å². The summed E-state index contributed by atoms with van der Waals surface area (Å²) in [6.45, 7) is 0.285. The highest BCUT2D eigenvalue weighted by Gasteiger charge is 2.35. The van der Waals surface area contributed by atoms with Crippen LogP contribution >= 0.6 is 0 Å². The molecule has 1 aliphatic rings. The Kier molecular flexibility index (Phi) is 1.56. The Morgan fingerprint density at radius 2 is 2.25 bits per heavy atom. The van der Waals surface area contributed by atoms with E-state index in [1.165, 1.54) is 0 Å². The number of hydrogen-bond donors (Lipinski definition) is 2. The predicted molar refractivity (Wildman–Crippen MR) is 44.9 cm³/mol. The third kappa shape index (κ3) is 0.906. The average molecular weight is 165 g/mol. The molecular formula is C9H11NO2. The number of nitrogens with two attached hydrogens (primary N) is 1. The fourth-order valence-corrected chi connectivity index (χ4v) is 1.42. The van der Waals surface area contributed by atoms with Gasteiger partial charge in [0, 0.05) is 5.56 Å². The van der Waals surface area contributed by atoms with E-state index in [0.29, 0.717) is 6.61 Å². The summed E-state index contributed by atoms with van der Waals surface area (Å²) in [6.07, 6.45) is 0. The molecule has 1 aromatic carbocycles. The number of ether oxygens (including phenoxy) is 1. The van der Waals surface area contributed by atoms with E-state index >= 15 is 0 Å². The van der Waals surface area contributed by atoms with Crippen LogP contribution in [0.1, 0.15) is 5.56 Å². The number of aliphatic hydroxyl groups excluding tert-OH is 1. The van der Waals surface area contributed by atoms with Crippen molar-refractivity contribution in [3.63, 3.8) is 0 Å². The van der Waals surface area contributed by atoms with E-state index in [1.54, 1.807) is 0 Å². The molecule has 0 amide bonds. The van der Waals surface area contributed by atoms with Crippen LogP contribution in [0.25, 0.3) is 0 Å². The molecule has 0 aromatic heterocycles. The van der Waals surface area contributed by atoms with Gasteiger partial charge in [0.1, 0.15) is 17.9 Å². The van der Waals surface area contributed by atoms with Crippen LogP contribution < -0.4 is 10.5 Å². The minimum atomic E-state index is -0.698. The van der Waals surface area contributed by atoms with Gasteiger partial charge in [-0.1, -0.05) is 18.2 Å². The van der Waals surface area contributed by atoms with Gasteiger partial charge in [0.2, 0.25) is 0 Å². The highest BCUT2D eigenvalue weighted by molar-refractivity contribution is 5.42. The molecule has 64 valence electrons. The van der Waals surface area contributed by atoms with Gasteiger partial charge in [-0.2, -0.15) is 0 Å². The van der Waals surface area contributed by atoms with Crippen molar-refractivity contribution in [1.29, 1.82) is 0 Å². The molecular weight excluding hydrogens is 154 g/mol. The van der Waals surface area contributed by atoms with Gasteiger partial charge in [0.05, 0.1) is 6.61 Å². The van der Waals surface area contributed by atoms with Gasteiger partial charge in [-0.25, -0.2) is 0 Å². The molecule has 1 heterocycles. The zero-order valence-corrected chi connectivity index (χ0v) is 6.66. The molecule has 1 aromatic rings. The third-order valence-electron chi connectivity index (χ3n) is 2.19. The maximum Gasteiger partial charge on any atom is 0.124 e. The van der Waals surface area contributed by atoms with E-state index in [9.17, 15) is 0 Å². The lowest BCUT2D eigenvalue weighted by Gasteiger charge is -2.18. The Hall–Kier alpha value is -1.06. The van der Waals surface area contributed by atoms with Crippen LogP contribution in [0.2, 0.25) is 0 Å². The van der Waals surface area contributed by atoms with Crippen molar-refractivity contribution in [3.05, 3.63) is 29.8 Å². The monoisotopic (exact) mass is 165 g/mol. The lowest BCUT2D eigenvalue weighted by molar-refractivity contribution is 0.163. The maximum atomic E-state index is 9.07. The summed E-state index contributed by atoms with van der Waals surface area (Å²) in [5.74, 6) is 0.786. The first kappa shape index (κ1) is 7.58. The van der Waals surface area contributed by atoms with Crippen molar-refractivity contribution < 1.29 is 9.84 Å². The van der Waals surface area contributed by atoms with Gasteiger partial charge >= 0.3 is 0 Å². The molecule has 0 saturated heterocycles. The number of hydrogen-bond acceptors (Lipinski definition) is 3. The molecule has 1 atom stereocenters. The highest BCUT2D eigenvalue weighted by atomic mass is 16.5. The fourth-order valence-electron chi connectivity index (χ4n) is 1.42. The Balaban J connectivity index is 2.49. The topological polar surface area (TPSA) is 55.5 Å². The smallest absolute Gasteiger partial charge is 0.124 e. The van der Waals surface area contributed by atoms with Crippen LogP contribution in [-0.4, -0.2) is 18.3 Å². The molecule has 0 saturated carbocycles. The van der Waals surface area contributed by atoms with E-state index in [4.69, 9.17) is 15.6 Å². The van der Waals surface area contributed by atoms with Crippen LogP contribution in [0.15, 0.2) is 24.3 Å². The Morgan fingerprint density at radius 3 is 3.00 bits per heavy atom. The van der Waals surface area contributed by atoms with E-state index in [1.807, 2.05) is 24.3 Å². The average Bonchev–Trinajstić information content (AvgIpc) is 2.46. The van der Waals surface area contributed by atoms with Crippen molar-refractivity contribution in [3.8, 4) is 5.75 Å². The van der Waals surface area contributed by atoms with E-state index in [-0.39, 0.29) is 6.61 Å². The van der Waals surface area contributed by atoms with Crippen molar-refractivity contribution in [2.75, 3.05) is 13.2 Å². The number of rotatable bonds is 1. The van der Waals surface area contributed by atoms with Gasteiger partial charge in [-0.3, -0.25) is 0 Å². The maximum absolute atomic E-state index is 9.07. The van der Waals surface area contributed by atoms with Crippen LogP contribution in [0.5, 0.6) is 5.75 Å². The molecule has 0 fully saturated rings. The van der Waals surface area contributed by atoms with Crippen molar-refractivity contribution in [1.82, 2.24) is 0 Å². The second-order valence-electron chi connectivity index (χ2n) is 3.10. The lowest BCUT2D eigenvalue weighted by atomic mass is 9.94. The van der Waals surface area contributed by atoms with E-state index in [2.05, 4.69) is 0 Å². The van der Waals surface area contributed by atoms with E-state index in [0.717, 1.165) is 11.3 Å². The van der Waals surface area contributed by atoms with Crippen molar-refractivity contribution in [2.24, 2.45) is 5.73 Å². The zero-order valence-electron chi connectivity index (χ0n) is 6.66. The van der Waals surface area contributed by atoms with Gasteiger partial charge in [-0.15, -0.1) is 0 Å². The largest absolute Gasteiger partial charge is 0.491 e. The van der Waals surface area contributed by atoms with Crippen molar-refractivity contribution in [2.45, 2.75) is 5.54 Å². The molecule has 1 aliphatic heterocycles. The summed E-state index contributed by atoms with van der Waals surface area (Å²) >= 11 is 0. The third-order valence-corrected chi connectivity index (χ3v) is 2.19. The summed E-state index contributed by atoms with van der Waals surface area (Å²) in [4.78, 5) is 0. The number of benzene rings is 1. The SMILES string of the molecule is NC1(CO)COc2ccccc21. The molecule has 3 nitrogen and oxygen atoms in total. The first-order chi connectivity index (χ1) is 5.76. The molecule has 12 heavy (non-hydrogen) atoms. The highest BCUT2D eigenvalue weighted by Crippen LogP contribution is 2.34. The Labute approximate surface area is 70.8 Å². The Bertz CT molecular complexity index is 300. The zero-order chi connectivity index (χ0) is 8.60. The van der Waals surface area contributed by atoms with Crippen LogP contribution in [0, 0.1) is 0 Å². The first-order valence-corrected chi connectivity index (χ1v) is 3.88. The second kappa shape index (κ2) is 2.47. The molecule has 0 bridgehead atoms. The standard InChI is InChI=1S/C9H11NO2/c10-9(5-11)6-12-8-4-2-1-3-7(8)9/h1-4,11H,5-6,10H2.